The van der Waals surface area contributed by atoms with Crippen LogP contribution in [-0.2, 0) is 14.4 Å². The molecule has 1 aromatic carbocycles. The monoisotopic (exact) mass is 612 g/mol. The minimum absolute atomic E-state index is 0.115. The van der Waals surface area contributed by atoms with Crippen molar-refractivity contribution >= 4 is 28.7 Å². The first-order chi connectivity index (χ1) is 21.6. The number of allylic oxidation sites excluding steroid dienone is 1. The summed E-state index contributed by atoms with van der Waals surface area (Å²) in [4.78, 5) is 51.2. The lowest BCUT2D eigenvalue weighted by Crippen LogP contribution is -2.49. The summed E-state index contributed by atoms with van der Waals surface area (Å²) >= 11 is 0. The molecule has 5 atom stereocenters. The summed E-state index contributed by atoms with van der Waals surface area (Å²) in [6.07, 6.45) is 6.93. The lowest BCUT2D eigenvalue weighted by molar-refractivity contribution is -0.145. The standard InChI is InChI=1S/C35H40N4O6/c1-20-10-9-12-27(36-20)28-18-30(24-13-14-29(44-4)21(2)31(24)37-28)45-23-16-25-26(17-23)33(41)39(3)15-8-6-5-7-11-22-19-35(22,34(42)43)38-32(25)40/h7,9-14,18,22-23,25-26H,5-6,8,15-17,19H2,1-4H3,(H,38,40)(H,42,43)/b11-7-/t22-,23-,25-,26-,35?/m1/s1. The highest BCUT2D eigenvalue weighted by molar-refractivity contribution is 5.94. The number of nitrogens with zero attached hydrogens (tertiary/aromatic N) is 3. The third-order valence-electron chi connectivity index (χ3n) is 9.59. The van der Waals surface area contributed by atoms with Crippen LogP contribution in [0.4, 0.5) is 0 Å². The molecule has 3 aromatic rings. The molecule has 2 saturated carbocycles. The predicted octanol–water partition coefficient (Wildman–Crippen LogP) is 4.85. The molecular weight excluding hydrogens is 572 g/mol. The Hall–Kier alpha value is -4.47. The van der Waals surface area contributed by atoms with Crippen molar-refractivity contribution in [1.82, 2.24) is 20.2 Å². The molecule has 1 unspecified atom stereocenters. The molecule has 0 bridgehead atoms. The Bertz CT molecular complexity index is 1690. The van der Waals surface area contributed by atoms with Crippen molar-refractivity contribution < 1.29 is 29.0 Å². The quantitative estimate of drug-likeness (QED) is 0.391. The van der Waals surface area contributed by atoms with Gasteiger partial charge in [0, 0.05) is 42.2 Å². The number of aryl methyl sites for hydroxylation is 2. The van der Waals surface area contributed by atoms with Crippen molar-refractivity contribution in [3.63, 3.8) is 0 Å². The van der Waals surface area contributed by atoms with E-state index in [2.05, 4.69) is 10.3 Å². The van der Waals surface area contributed by atoms with Crippen molar-refractivity contribution in [3.8, 4) is 22.9 Å². The highest BCUT2D eigenvalue weighted by atomic mass is 16.5. The normalized spacial score (nSPS) is 27.6. The number of nitrogens with one attached hydrogen (secondary N) is 1. The van der Waals surface area contributed by atoms with Gasteiger partial charge in [0.2, 0.25) is 11.8 Å². The van der Waals surface area contributed by atoms with Gasteiger partial charge in [0.25, 0.3) is 0 Å². The Morgan fingerprint density at radius 3 is 2.60 bits per heavy atom. The van der Waals surface area contributed by atoms with E-state index in [9.17, 15) is 19.5 Å². The fourth-order valence-corrected chi connectivity index (χ4v) is 6.89. The Kier molecular flexibility index (Phi) is 8.24. The fraction of sp³-hybridized carbons (Fsp3) is 0.457. The molecule has 6 rings (SSSR count). The number of benzene rings is 1. The third kappa shape index (κ3) is 5.85. The molecule has 2 aliphatic carbocycles. The molecule has 0 spiro atoms. The number of carboxylic acid groups (broad SMARTS) is 1. The Labute approximate surface area is 262 Å². The van der Waals surface area contributed by atoms with Crippen LogP contribution in [0.15, 0.2) is 48.6 Å². The molecule has 45 heavy (non-hydrogen) atoms. The van der Waals surface area contributed by atoms with E-state index >= 15 is 0 Å². The van der Waals surface area contributed by atoms with Gasteiger partial charge in [-0.15, -0.1) is 0 Å². The van der Waals surface area contributed by atoms with E-state index < -0.39 is 35.4 Å². The number of hydrogen-bond acceptors (Lipinski definition) is 7. The van der Waals surface area contributed by atoms with E-state index in [1.807, 2.05) is 62.4 Å². The van der Waals surface area contributed by atoms with Crippen molar-refractivity contribution in [2.24, 2.45) is 17.8 Å². The minimum Gasteiger partial charge on any atom is -0.496 e. The molecule has 3 heterocycles. The van der Waals surface area contributed by atoms with Gasteiger partial charge in [0.05, 0.1) is 35.9 Å². The van der Waals surface area contributed by atoms with Crippen molar-refractivity contribution in [2.45, 2.75) is 64.0 Å². The Morgan fingerprint density at radius 1 is 1.04 bits per heavy atom. The maximum Gasteiger partial charge on any atom is 0.330 e. The number of fused-ring (bicyclic) bond motifs is 3. The topological polar surface area (TPSA) is 131 Å². The summed E-state index contributed by atoms with van der Waals surface area (Å²) in [5, 5.41) is 13.7. The number of carbonyl (C=O) groups excluding carboxylic acids is 2. The van der Waals surface area contributed by atoms with Gasteiger partial charge in [-0.3, -0.25) is 14.6 Å². The lowest BCUT2D eigenvalue weighted by Gasteiger charge is -2.26. The van der Waals surface area contributed by atoms with Crippen molar-refractivity contribution in [3.05, 3.63) is 59.8 Å². The molecule has 3 aliphatic rings. The zero-order valence-corrected chi connectivity index (χ0v) is 26.2. The average Bonchev–Trinajstić information content (AvgIpc) is 3.56. The number of carboxylic acids is 1. The SMILES string of the molecule is COc1ccc2c(O[C@@H]3C[C@H]4C(=O)NC5(C(=O)O)C[C@H]5/C=C\CCCCN(C)C(=O)[C@@H]4C3)cc(-c3cccc(C)n3)nc2c1C. The van der Waals surface area contributed by atoms with Gasteiger partial charge in [-0.2, -0.15) is 0 Å². The number of rotatable bonds is 5. The molecule has 1 aliphatic heterocycles. The van der Waals surface area contributed by atoms with Crippen LogP contribution in [0, 0.1) is 31.6 Å². The average molecular weight is 613 g/mol. The van der Waals surface area contributed by atoms with E-state index in [-0.39, 0.29) is 18.2 Å². The first kappa shape index (κ1) is 30.6. The molecule has 2 aromatic heterocycles. The summed E-state index contributed by atoms with van der Waals surface area (Å²) in [6, 6.07) is 11.4. The number of amides is 2. The van der Waals surface area contributed by atoms with Crippen LogP contribution < -0.4 is 14.8 Å². The van der Waals surface area contributed by atoms with Crippen molar-refractivity contribution in [2.75, 3.05) is 20.7 Å². The second-order valence-corrected chi connectivity index (χ2v) is 12.6. The molecule has 2 N–H and O–H groups in total. The number of pyridine rings is 2. The minimum atomic E-state index is -1.33. The lowest BCUT2D eigenvalue weighted by atomic mass is 9.93. The first-order valence-electron chi connectivity index (χ1n) is 15.7. The number of hydrogen-bond donors (Lipinski definition) is 2. The van der Waals surface area contributed by atoms with Crippen LogP contribution in [0.2, 0.25) is 0 Å². The molecule has 2 amide bonds. The van der Waals surface area contributed by atoms with Crippen LogP contribution in [0.25, 0.3) is 22.3 Å². The third-order valence-corrected chi connectivity index (χ3v) is 9.59. The van der Waals surface area contributed by atoms with Gasteiger partial charge in [-0.25, -0.2) is 9.78 Å². The van der Waals surface area contributed by atoms with Crippen LogP contribution in [0.5, 0.6) is 11.5 Å². The van der Waals surface area contributed by atoms with Crippen molar-refractivity contribution in [1.29, 1.82) is 0 Å². The van der Waals surface area contributed by atoms with Gasteiger partial charge < -0.3 is 24.8 Å². The Balaban J connectivity index is 1.35. The van der Waals surface area contributed by atoms with Gasteiger partial charge >= 0.3 is 5.97 Å². The first-order valence-corrected chi connectivity index (χ1v) is 15.7. The molecule has 10 nitrogen and oxygen atoms in total. The van der Waals surface area contributed by atoms with Crippen LogP contribution in [0.3, 0.4) is 0 Å². The zero-order valence-electron chi connectivity index (χ0n) is 26.2. The second-order valence-electron chi connectivity index (χ2n) is 12.6. The number of methoxy groups -OCH3 is 1. The summed E-state index contributed by atoms with van der Waals surface area (Å²) in [7, 11) is 3.39. The van der Waals surface area contributed by atoms with Crippen LogP contribution >= 0.6 is 0 Å². The van der Waals surface area contributed by atoms with Gasteiger partial charge in [-0.1, -0.05) is 18.2 Å². The number of carbonyl (C=O) groups is 3. The van der Waals surface area contributed by atoms with E-state index in [0.717, 1.165) is 35.9 Å². The van der Waals surface area contributed by atoms with E-state index in [0.29, 0.717) is 47.8 Å². The van der Waals surface area contributed by atoms with E-state index in [4.69, 9.17) is 14.5 Å². The van der Waals surface area contributed by atoms with Gasteiger partial charge in [-0.05, 0) is 76.6 Å². The molecule has 0 saturated heterocycles. The number of ether oxygens (including phenoxy) is 2. The maximum absolute atomic E-state index is 13.8. The van der Waals surface area contributed by atoms with Gasteiger partial charge in [0.1, 0.15) is 23.1 Å². The second kappa shape index (κ2) is 12.1. The molecule has 10 heteroatoms. The van der Waals surface area contributed by atoms with E-state index in [1.165, 1.54) is 0 Å². The van der Waals surface area contributed by atoms with Crippen LogP contribution in [-0.4, -0.2) is 70.1 Å². The summed E-state index contributed by atoms with van der Waals surface area (Å²) < 4.78 is 12.3. The molecule has 2 fully saturated rings. The number of aliphatic carboxylic acids is 1. The smallest absolute Gasteiger partial charge is 0.330 e. The largest absolute Gasteiger partial charge is 0.496 e. The summed E-state index contributed by atoms with van der Waals surface area (Å²) in [5.41, 5.74) is 2.44. The molecule has 236 valence electrons. The fourth-order valence-electron chi connectivity index (χ4n) is 6.89. The van der Waals surface area contributed by atoms with E-state index in [1.54, 1.807) is 19.1 Å². The predicted molar refractivity (Wildman–Crippen MR) is 169 cm³/mol. The molecular formula is C35H40N4O6. The maximum atomic E-state index is 13.8. The van der Waals surface area contributed by atoms with Gasteiger partial charge in [0.15, 0.2) is 0 Å². The summed E-state index contributed by atoms with van der Waals surface area (Å²) in [5.74, 6) is -1.90. The zero-order chi connectivity index (χ0) is 31.9. The highest BCUT2D eigenvalue weighted by Gasteiger charge is 2.61. The molecule has 0 radical (unpaired) electrons. The highest BCUT2D eigenvalue weighted by Crippen LogP contribution is 2.47. The number of aromatic nitrogens is 2. The van der Waals surface area contributed by atoms with Crippen LogP contribution in [0.1, 0.15) is 49.8 Å². The summed E-state index contributed by atoms with van der Waals surface area (Å²) in [6.45, 7) is 4.46. The Morgan fingerprint density at radius 2 is 1.84 bits per heavy atom.